The molecule has 3 rings (SSSR count). The van der Waals surface area contributed by atoms with Crippen molar-refractivity contribution in [2.45, 2.75) is 12.5 Å². The smallest absolute Gasteiger partial charge is 0.148 e. The summed E-state index contributed by atoms with van der Waals surface area (Å²) >= 11 is 6.71. The van der Waals surface area contributed by atoms with Gasteiger partial charge in [0.1, 0.15) is 23.3 Å². The summed E-state index contributed by atoms with van der Waals surface area (Å²) in [6, 6.07) is 12.1. The molecule has 2 nitrogen and oxygen atoms in total. The normalized spacial score (nSPS) is 12.8. The molecule has 1 N–H and O–H groups in total. The Hall–Kier alpha value is -1.17. The number of fused-ring (bicyclic) bond motifs is 1. The van der Waals surface area contributed by atoms with Crippen LogP contribution >= 0.6 is 31.9 Å². The van der Waals surface area contributed by atoms with Crippen LogP contribution in [-0.4, -0.2) is 5.11 Å². The number of aliphatic hydroxyl groups is 1. The zero-order valence-corrected chi connectivity index (χ0v) is 14.0. The van der Waals surface area contributed by atoms with Crippen molar-refractivity contribution in [3.05, 3.63) is 68.6 Å². The molecule has 0 aliphatic carbocycles. The van der Waals surface area contributed by atoms with Crippen LogP contribution in [0.2, 0.25) is 0 Å². The average Bonchev–Trinajstić information content (AvgIpc) is 2.88. The van der Waals surface area contributed by atoms with Crippen molar-refractivity contribution in [2.24, 2.45) is 0 Å². The highest BCUT2D eigenvalue weighted by atomic mass is 79.9. The van der Waals surface area contributed by atoms with Gasteiger partial charge < -0.3 is 9.52 Å². The topological polar surface area (TPSA) is 33.4 Å². The summed E-state index contributed by atoms with van der Waals surface area (Å²) in [4.78, 5) is 0. The number of para-hydroxylation sites is 1. The third kappa shape index (κ3) is 3.05. The van der Waals surface area contributed by atoms with Gasteiger partial charge in [-0.1, -0.05) is 28.1 Å². The number of benzene rings is 2. The maximum atomic E-state index is 13.7. The van der Waals surface area contributed by atoms with Gasteiger partial charge in [0.05, 0.1) is 4.47 Å². The summed E-state index contributed by atoms with van der Waals surface area (Å²) in [7, 11) is 0. The van der Waals surface area contributed by atoms with Crippen LogP contribution in [0.15, 0.2) is 55.8 Å². The van der Waals surface area contributed by atoms with Crippen LogP contribution in [0.3, 0.4) is 0 Å². The highest BCUT2D eigenvalue weighted by Crippen LogP contribution is 2.31. The van der Waals surface area contributed by atoms with Crippen molar-refractivity contribution in [1.29, 1.82) is 0 Å². The van der Waals surface area contributed by atoms with Gasteiger partial charge in [0.15, 0.2) is 0 Å². The minimum absolute atomic E-state index is 0.155. The molecule has 1 unspecified atom stereocenters. The second-order valence-corrected chi connectivity index (χ2v) is 6.53. The highest BCUT2D eigenvalue weighted by Gasteiger charge is 2.17. The summed E-state index contributed by atoms with van der Waals surface area (Å²) in [5, 5.41) is 11.2. The summed E-state index contributed by atoms with van der Waals surface area (Å²) in [5.74, 6) is 0.0887. The Kier molecular flexibility index (Phi) is 4.15. The number of aliphatic hydroxyl groups excluding tert-OH is 1. The van der Waals surface area contributed by atoms with E-state index in [1.807, 2.05) is 18.2 Å². The number of rotatable bonds is 3. The molecule has 1 atom stereocenters. The van der Waals surface area contributed by atoms with Crippen molar-refractivity contribution in [3.63, 3.8) is 0 Å². The van der Waals surface area contributed by atoms with Crippen molar-refractivity contribution in [2.75, 3.05) is 0 Å². The summed E-state index contributed by atoms with van der Waals surface area (Å²) < 4.78 is 21.0. The molecule has 0 saturated heterocycles. The molecule has 0 fully saturated rings. The Morgan fingerprint density at radius 3 is 2.71 bits per heavy atom. The summed E-state index contributed by atoms with van der Waals surface area (Å²) in [5.41, 5.74) is 1.12. The predicted octanol–water partition coefficient (Wildman–Crippen LogP) is 5.37. The van der Waals surface area contributed by atoms with Crippen LogP contribution in [0.25, 0.3) is 11.0 Å². The molecule has 1 aromatic heterocycles. The zero-order valence-electron chi connectivity index (χ0n) is 10.8. The molecule has 0 spiro atoms. The van der Waals surface area contributed by atoms with Gasteiger partial charge in [-0.2, -0.15) is 0 Å². The Labute approximate surface area is 137 Å². The lowest BCUT2D eigenvalue weighted by Gasteiger charge is -2.09. The lowest BCUT2D eigenvalue weighted by Crippen LogP contribution is -2.02. The van der Waals surface area contributed by atoms with Crippen LogP contribution in [0.1, 0.15) is 17.4 Å². The molecule has 2 aromatic carbocycles. The first-order valence-corrected chi connectivity index (χ1v) is 7.93. The van der Waals surface area contributed by atoms with E-state index in [4.69, 9.17) is 4.42 Å². The summed E-state index contributed by atoms with van der Waals surface area (Å²) in [6.45, 7) is 0. The van der Waals surface area contributed by atoms with Gasteiger partial charge in [-0.15, -0.1) is 0 Å². The molecule has 3 aromatic rings. The fourth-order valence-electron chi connectivity index (χ4n) is 2.22. The van der Waals surface area contributed by atoms with E-state index in [2.05, 4.69) is 31.9 Å². The van der Waals surface area contributed by atoms with E-state index in [1.54, 1.807) is 18.2 Å². The van der Waals surface area contributed by atoms with Gasteiger partial charge >= 0.3 is 0 Å². The van der Waals surface area contributed by atoms with Crippen molar-refractivity contribution in [3.8, 4) is 0 Å². The fourth-order valence-corrected chi connectivity index (χ4v) is 3.09. The van der Waals surface area contributed by atoms with Crippen LogP contribution in [0.4, 0.5) is 4.39 Å². The SMILES string of the molecule is OC(Cc1cc(Br)ccc1F)c1cc2cccc(Br)c2o1. The van der Waals surface area contributed by atoms with Crippen LogP contribution in [0, 0.1) is 5.82 Å². The van der Waals surface area contributed by atoms with Gasteiger partial charge in [-0.05, 0) is 51.8 Å². The molecule has 1 heterocycles. The number of halogens is 3. The molecular formula is C16H11Br2FO2. The molecular weight excluding hydrogens is 403 g/mol. The first kappa shape index (κ1) is 14.8. The first-order valence-electron chi connectivity index (χ1n) is 6.34. The highest BCUT2D eigenvalue weighted by molar-refractivity contribution is 9.11. The maximum absolute atomic E-state index is 13.7. The molecule has 5 heteroatoms. The fraction of sp³-hybridized carbons (Fsp3) is 0.125. The van der Waals surface area contributed by atoms with Crippen molar-refractivity contribution >= 4 is 42.8 Å². The van der Waals surface area contributed by atoms with Gasteiger partial charge in [0, 0.05) is 16.3 Å². The number of hydrogen-bond acceptors (Lipinski definition) is 2. The molecule has 0 aliphatic rings. The Morgan fingerprint density at radius 2 is 1.95 bits per heavy atom. The quantitative estimate of drug-likeness (QED) is 0.625. The van der Waals surface area contributed by atoms with Crippen LogP contribution in [0.5, 0.6) is 0 Å². The minimum Gasteiger partial charge on any atom is -0.457 e. The molecule has 21 heavy (non-hydrogen) atoms. The van der Waals surface area contributed by atoms with Crippen LogP contribution < -0.4 is 0 Å². The lowest BCUT2D eigenvalue weighted by atomic mass is 10.1. The predicted molar refractivity (Wildman–Crippen MR) is 86.7 cm³/mol. The zero-order chi connectivity index (χ0) is 15.0. The van der Waals surface area contributed by atoms with Crippen molar-refractivity contribution < 1.29 is 13.9 Å². The lowest BCUT2D eigenvalue weighted by molar-refractivity contribution is 0.151. The second kappa shape index (κ2) is 5.91. The molecule has 0 aliphatic heterocycles. The van der Waals surface area contributed by atoms with Gasteiger partial charge in [-0.3, -0.25) is 0 Å². The Bertz CT molecular complexity index is 798. The van der Waals surface area contributed by atoms with Crippen molar-refractivity contribution in [1.82, 2.24) is 0 Å². The molecule has 0 radical (unpaired) electrons. The Balaban J connectivity index is 1.91. The van der Waals surface area contributed by atoms with E-state index in [0.717, 1.165) is 14.3 Å². The molecule has 0 amide bonds. The van der Waals surface area contributed by atoms with E-state index < -0.39 is 6.10 Å². The average molecular weight is 414 g/mol. The number of furan rings is 1. The maximum Gasteiger partial charge on any atom is 0.148 e. The standard InChI is InChI=1S/C16H11Br2FO2/c17-11-4-5-13(19)10(6-11)7-14(20)15-8-9-2-1-3-12(18)16(9)21-15/h1-6,8,14,20H,7H2. The molecule has 0 saturated carbocycles. The Morgan fingerprint density at radius 1 is 1.14 bits per heavy atom. The van der Waals surface area contributed by atoms with Crippen LogP contribution in [-0.2, 0) is 6.42 Å². The summed E-state index contributed by atoms with van der Waals surface area (Å²) in [6.07, 6.45) is -0.740. The van der Waals surface area contributed by atoms with Gasteiger partial charge in [-0.25, -0.2) is 4.39 Å². The van der Waals surface area contributed by atoms with Gasteiger partial charge in [0.25, 0.3) is 0 Å². The third-order valence-electron chi connectivity index (χ3n) is 3.26. The van der Waals surface area contributed by atoms with Gasteiger partial charge in [0.2, 0.25) is 0 Å². The second-order valence-electron chi connectivity index (χ2n) is 4.76. The van der Waals surface area contributed by atoms with E-state index in [-0.39, 0.29) is 12.2 Å². The van der Waals surface area contributed by atoms with E-state index >= 15 is 0 Å². The van der Waals surface area contributed by atoms with E-state index in [9.17, 15) is 9.50 Å². The molecule has 108 valence electrons. The minimum atomic E-state index is -0.895. The molecule has 0 bridgehead atoms. The monoisotopic (exact) mass is 412 g/mol. The van der Waals surface area contributed by atoms with E-state index in [1.165, 1.54) is 6.07 Å². The largest absolute Gasteiger partial charge is 0.457 e. The third-order valence-corrected chi connectivity index (χ3v) is 4.38. The van der Waals surface area contributed by atoms with E-state index in [0.29, 0.717) is 16.9 Å². The number of hydrogen-bond donors (Lipinski definition) is 1. The first-order chi connectivity index (χ1) is 10.0.